The van der Waals surface area contributed by atoms with Gasteiger partial charge >= 0.3 is 5.97 Å². The molecule has 0 saturated carbocycles. The van der Waals surface area contributed by atoms with Crippen LogP contribution in [0.2, 0.25) is 0 Å². The topological polar surface area (TPSA) is 26.3 Å². The van der Waals surface area contributed by atoms with Gasteiger partial charge in [0.25, 0.3) is 0 Å². The van der Waals surface area contributed by atoms with Gasteiger partial charge < -0.3 is 4.74 Å². The van der Waals surface area contributed by atoms with E-state index in [0.717, 1.165) is 0 Å². The molecule has 76 valence electrons. The van der Waals surface area contributed by atoms with Gasteiger partial charge in [-0.2, -0.15) is 0 Å². The number of ether oxygens (including phenoxy) is 1. The Balaban J connectivity index is 1.88. The highest BCUT2D eigenvalue weighted by molar-refractivity contribution is 5.89. The summed E-state index contributed by atoms with van der Waals surface area (Å²) in [5, 5.41) is 0. The Morgan fingerprint density at radius 1 is 1.13 bits per heavy atom. The van der Waals surface area contributed by atoms with E-state index in [4.69, 9.17) is 4.74 Å². The van der Waals surface area contributed by atoms with Crippen molar-refractivity contribution in [1.82, 2.24) is 0 Å². The minimum absolute atomic E-state index is 0.234. The number of hydrogen-bond donors (Lipinski definition) is 0. The molecule has 0 spiro atoms. The van der Waals surface area contributed by atoms with Gasteiger partial charge in [0.2, 0.25) is 0 Å². The molecule has 0 aliphatic heterocycles. The Morgan fingerprint density at radius 3 is 2.47 bits per heavy atom. The molecule has 0 fully saturated rings. The molecule has 0 atom stereocenters. The van der Waals surface area contributed by atoms with Crippen molar-refractivity contribution in [3.05, 3.63) is 60.2 Å². The fourth-order valence-corrected chi connectivity index (χ4v) is 1.42. The first kappa shape index (κ1) is 9.71. The number of allylic oxidation sites excluding steroid dienone is 2. The van der Waals surface area contributed by atoms with Gasteiger partial charge in [-0.3, -0.25) is 0 Å². The van der Waals surface area contributed by atoms with Gasteiger partial charge in [-0.05, 0) is 12.1 Å². The number of rotatable bonds is 3. The van der Waals surface area contributed by atoms with Crippen LogP contribution in [0.1, 0.15) is 10.4 Å². The number of benzene rings is 1. The second-order valence-corrected chi connectivity index (χ2v) is 3.40. The Kier molecular flexibility index (Phi) is 2.98. The number of esters is 1. The van der Waals surface area contributed by atoms with Crippen molar-refractivity contribution in [2.45, 2.75) is 0 Å². The second kappa shape index (κ2) is 4.60. The lowest BCUT2D eigenvalue weighted by Crippen LogP contribution is -2.10. The second-order valence-electron chi connectivity index (χ2n) is 3.40. The number of carbonyl (C=O) groups excluding carboxylic acids is 1. The summed E-state index contributed by atoms with van der Waals surface area (Å²) in [6.45, 7) is 0.417. The van der Waals surface area contributed by atoms with E-state index in [1.165, 1.54) is 0 Å². The maximum atomic E-state index is 11.5. The van der Waals surface area contributed by atoms with E-state index in [0.29, 0.717) is 12.2 Å². The summed E-state index contributed by atoms with van der Waals surface area (Å²) in [5.41, 5.74) is 0.600. The Labute approximate surface area is 88.9 Å². The summed E-state index contributed by atoms with van der Waals surface area (Å²) < 4.78 is 5.17. The molecule has 1 aliphatic rings. The molecule has 1 aromatic rings. The predicted molar refractivity (Wildman–Crippen MR) is 58.5 cm³/mol. The van der Waals surface area contributed by atoms with Crippen molar-refractivity contribution in [3.63, 3.8) is 0 Å². The van der Waals surface area contributed by atoms with Crippen molar-refractivity contribution in [2.24, 2.45) is 5.92 Å². The fraction of sp³-hybridized carbons (Fsp3) is 0.154. The quantitative estimate of drug-likeness (QED) is 0.701. The van der Waals surface area contributed by atoms with E-state index in [9.17, 15) is 4.79 Å². The summed E-state index contributed by atoms with van der Waals surface area (Å²) >= 11 is 0. The largest absolute Gasteiger partial charge is 0.461 e. The zero-order valence-corrected chi connectivity index (χ0v) is 8.30. The average Bonchev–Trinajstić information content (AvgIpc) is 2.80. The Hall–Kier alpha value is -1.83. The van der Waals surface area contributed by atoms with E-state index in [-0.39, 0.29) is 11.9 Å². The highest BCUT2D eigenvalue weighted by atomic mass is 16.5. The van der Waals surface area contributed by atoms with Gasteiger partial charge in [-0.1, -0.05) is 42.5 Å². The van der Waals surface area contributed by atoms with Crippen LogP contribution in [0.4, 0.5) is 0 Å². The molecule has 0 unspecified atom stereocenters. The van der Waals surface area contributed by atoms with E-state index < -0.39 is 0 Å². The molecule has 0 saturated heterocycles. The van der Waals surface area contributed by atoms with Crippen LogP contribution < -0.4 is 0 Å². The first-order valence-corrected chi connectivity index (χ1v) is 4.93. The Bertz CT molecular complexity index is 378. The lowest BCUT2D eigenvalue weighted by Gasteiger charge is -2.07. The average molecular weight is 200 g/mol. The molecule has 1 aliphatic carbocycles. The van der Waals surface area contributed by atoms with Crippen molar-refractivity contribution in [1.29, 1.82) is 0 Å². The van der Waals surface area contributed by atoms with Crippen LogP contribution in [-0.4, -0.2) is 12.6 Å². The van der Waals surface area contributed by atoms with Crippen molar-refractivity contribution < 1.29 is 9.53 Å². The summed E-state index contributed by atoms with van der Waals surface area (Å²) in [7, 11) is 0. The first-order valence-electron chi connectivity index (χ1n) is 4.93. The summed E-state index contributed by atoms with van der Waals surface area (Å²) in [6.07, 6.45) is 7.94. The molecular formula is C13H12O2. The lowest BCUT2D eigenvalue weighted by molar-refractivity contribution is 0.0484. The molecule has 2 heteroatoms. The monoisotopic (exact) mass is 200 g/mol. The van der Waals surface area contributed by atoms with Gasteiger partial charge in [0.05, 0.1) is 5.56 Å². The number of carbonyl (C=O) groups is 1. The lowest BCUT2D eigenvalue weighted by atomic mass is 10.2. The van der Waals surface area contributed by atoms with Gasteiger partial charge in [0.1, 0.15) is 6.61 Å². The van der Waals surface area contributed by atoms with Gasteiger partial charge in [-0.15, -0.1) is 0 Å². The van der Waals surface area contributed by atoms with Crippen LogP contribution in [-0.2, 0) is 4.74 Å². The minimum atomic E-state index is -0.260. The van der Waals surface area contributed by atoms with Gasteiger partial charge in [0, 0.05) is 5.92 Å². The van der Waals surface area contributed by atoms with E-state index in [1.54, 1.807) is 12.1 Å². The molecule has 1 aromatic carbocycles. The maximum absolute atomic E-state index is 11.5. The molecule has 2 rings (SSSR count). The zero-order chi connectivity index (χ0) is 10.5. The Morgan fingerprint density at radius 2 is 1.80 bits per heavy atom. The molecule has 0 aromatic heterocycles. The highest BCUT2D eigenvalue weighted by Gasteiger charge is 2.09. The third kappa shape index (κ3) is 2.56. The van der Waals surface area contributed by atoms with Gasteiger partial charge in [-0.25, -0.2) is 4.79 Å². The third-order valence-corrected chi connectivity index (χ3v) is 2.24. The zero-order valence-electron chi connectivity index (χ0n) is 8.30. The molecule has 0 radical (unpaired) electrons. The summed E-state index contributed by atoms with van der Waals surface area (Å²) in [5.74, 6) is -0.0260. The molecule has 0 heterocycles. The summed E-state index contributed by atoms with van der Waals surface area (Å²) in [6, 6.07) is 9.03. The van der Waals surface area contributed by atoms with Crippen molar-refractivity contribution in [2.75, 3.05) is 6.61 Å². The van der Waals surface area contributed by atoms with Crippen LogP contribution in [0.5, 0.6) is 0 Å². The predicted octanol–water partition coefficient (Wildman–Crippen LogP) is 2.59. The number of hydrogen-bond acceptors (Lipinski definition) is 2. The van der Waals surface area contributed by atoms with Crippen LogP contribution >= 0.6 is 0 Å². The smallest absolute Gasteiger partial charge is 0.338 e. The van der Waals surface area contributed by atoms with Crippen LogP contribution in [0.25, 0.3) is 0 Å². The molecule has 0 N–H and O–H groups in total. The van der Waals surface area contributed by atoms with Crippen LogP contribution in [0.15, 0.2) is 54.6 Å². The van der Waals surface area contributed by atoms with Gasteiger partial charge in [0.15, 0.2) is 0 Å². The van der Waals surface area contributed by atoms with Crippen LogP contribution in [0, 0.1) is 5.92 Å². The fourth-order valence-electron chi connectivity index (χ4n) is 1.42. The van der Waals surface area contributed by atoms with E-state index >= 15 is 0 Å². The van der Waals surface area contributed by atoms with Crippen molar-refractivity contribution in [3.8, 4) is 0 Å². The molecular weight excluding hydrogens is 188 g/mol. The van der Waals surface area contributed by atoms with E-state index in [2.05, 4.69) is 0 Å². The molecule has 2 nitrogen and oxygen atoms in total. The normalized spacial score (nSPS) is 14.4. The molecule has 15 heavy (non-hydrogen) atoms. The summed E-state index contributed by atoms with van der Waals surface area (Å²) in [4.78, 5) is 11.5. The maximum Gasteiger partial charge on any atom is 0.338 e. The highest BCUT2D eigenvalue weighted by Crippen LogP contribution is 2.10. The molecule has 0 bridgehead atoms. The van der Waals surface area contributed by atoms with E-state index in [1.807, 2.05) is 42.5 Å². The first-order chi connectivity index (χ1) is 7.36. The van der Waals surface area contributed by atoms with Crippen molar-refractivity contribution >= 4 is 5.97 Å². The minimum Gasteiger partial charge on any atom is -0.461 e. The van der Waals surface area contributed by atoms with Crippen LogP contribution in [0.3, 0.4) is 0 Å². The third-order valence-electron chi connectivity index (χ3n) is 2.24. The SMILES string of the molecule is O=C(OCC1C=CC=C1)c1ccccc1. The standard InChI is InChI=1S/C13H12O2/c14-13(12-8-2-1-3-9-12)15-10-11-6-4-5-7-11/h1-9,11H,10H2. The molecule has 0 amide bonds.